The number of benzene rings is 2. The lowest BCUT2D eigenvalue weighted by atomic mass is 9.97. The molecule has 0 amide bonds. The summed E-state index contributed by atoms with van der Waals surface area (Å²) in [6, 6.07) is 7.74. The van der Waals surface area contributed by atoms with Crippen molar-refractivity contribution >= 4 is 54.5 Å². The molecule has 0 N–H and O–H groups in total. The summed E-state index contributed by atoms with van der Waals surface area (Å²) in [4.78, 5) is -0.373. The number of rotatable bonds is 4. The predicted octanol–water partition coefficient (Wildman–Crippen LogP) is 4.83. The molecule has 0 saturated carbocycles. The van der Waals surface area contributed by atoms with Crippen LogP contribution in [0.15, 0.2) is 35.2 Å². The van der Waals surface area contributed by atoms with E-state index < -0.39 is 14.8 Å². The van der Waals surface area contributed by atoms with E-state index in [1.807, 2.05) is 0 Å². The molecule has 140 valence electrons. The molecule has 0 atom stereocenters. The van der Waals surface area contributed by atoms with Crippen molar-refractivity contribution in [1.29, 1.82) is 0 Å². The van der Waals surface area contributed by atoms with Gasteiger partial charge in [0.05, 0.1) is 35.4 Å². The smallest absolute Gasteiger partial charge is 0.263 e. The van der Waals surface area contributed by atoms with Crippen LogP contribution in [0.25, 0.3) is 0 Å². The van der Waals surface area contributed by atoms with Crippen LogP contribution in [-0.4, -0.2) is 28.7 Å². The summed E-state index contributed by atoms with van der Waals surface area (Å²) in [5, 5.41) is 0.131. The van der Waals surface area contributed by atoms with Crippen molar-refractivity contribution in [2.45, 2.75) is 10.7 Å². The Morgan fingerprint density at radius 3 is 2.23 bits per heavy atom. The van der Waals surface area contributed by atoms with Crippen LogP contribution < -0.4 is 4.74 Å². The van der Waals surface area contributed by atoms with Crippen molar-refractivity contribution in [3.63, 3.8) is 0 Å². The molecule has 0 aromatic heterocycles. The van der Waals surface area contributed by atoms with Gasteiger partial charge in [0.25, 0.3) is 9.05 Å². The molecule has 0 aliphatic carbocycles. The Hall–Kier alpha value is -0.730. The van der Waals surface area contributed by atoms with Gasteiger partial charge in [-0.1, -0.05) is 40.9 Å². The van der Waals surface area contributed by atoms with Gasteiger partial charge in [0.15, 0.2) is 0 Å². The van der Waals surface area contributed by atoms with E-state index in [0.29, 0.717) is 16.3 Å². The summed E-state index contributed by atoms with van der Waals surface area (Å²) in [6.45, 7) is 0.456. The topological polar surface area (TPSA) is 61.8 Å². The Morgan fingerprint density at radius 1 is 1.04 bits per heavy atom. The number of halogens is 4. The van der Waals surface area contributed by atoms with Crippen LogP contribution in [0, 0.1) is 0 Å². The normalized spacial score (nSPS) is 16.7. The van der Waals surface area contributed by atoms with Crippen molar-refractivity contribution in [3.8, 4) is 5.75 Å². The highest BCUT2D eigenvalue weighted by atomic mass is 35.7. The first-order chi connectivity index (χ1) is 12.2. The van der Waals surface area contributed by atoms with Crippen molar-refractivity contribution in [2.24, 2.45) is 0 Å². The van der Waals surface area contributed by atoms with Gasteiger partial charge >= 0.3 is 0 Å². The lowest BCUT2D eigenvalue weighted by molar-refractivity contribution is -0.131. The first-order valence-corrected chi connectivity index (χ1v) is 10.7. The van der Waals surface area contributed by atoms with Crippen molar-refractivity contribution in [1.82, 2.24) is 0 Å². The zero-order valence-electron chi connectivity index (χ0n) is 13.3. The summed E-state index contributed by atoms with van der Waals surface area (Å²) >= 11 is 18.3. The molecule has 10 heteroatoms. The zero-order chi connectivity index (χ0) is 19.1. The van der Waals surface area contributed by atoms with E-state index in [0.717, 1.165) is 0 Å². The average molecular weight is 458 g/mol. The molecule has 2 aromatic rings. The summed E-state index contributed by atoms with van der Waals surface area (Å²) < 4.78 is 41.2. The van der Waals surface area contributed by atoms with Gasteiger partial charge in [0, 0.05) is 21.8 Å². The number of ether oxygens (including phenoxy) is 3. The third kappa shape index (κ3) is 3.40. The molecular weight excluding hydrogens is 446 g/mol. The minimum absolute atomic E-state index is 0.0375. The van der Waals surface area contributed by atoms with Crippen LogP contribution in [0.1, 0.15) is 11.1 Å². The molecule has 0 radical (unpaired) electrons. The van der Waals surface area contributed by atoms with E-state index in [1.165, 1.54) is 19.2 Å². The lowest BCUT2D eigenvalue weighted by Gasteiger charge is -2.30. The molecule has 0 unspecified atom stereocenters. The van der Waals surface area contributed by atoms with Crippen LogP contribution >= 0.6 is 45.5 Å². The van der Waals surface area contributed by atoms with E-state index in [1.54, 1.807) is 18.2 Å². The minimum atomic E-state index is -4.25. The van der Waals surface area contributed by atoms with E-state index in [-0.39, 0.29) is 33.7 Å². The molecule has 1 fully saturated rings. The van der Waals surface area contributed by atoms with Crippen molar-refractivity contribution < 1.29 is 22.6 Å². The molecule has 1 heterocycles. The van der Waals surface area contributed by atoms with Crippen LogP contribution in [0.5, 0.6) is 5.75 Å². The molecule has 0 bridgehead atoms. The summed E-state index contributed by atoms with van der Waals surface area (Å²) in [7, 11) is 2.85. The quantitative estimate of drug-likeness (QED) is 0.615. The molecule has 1 aliphatic rings. The molecule has 3 rings (SSSR count). The molecule has 5 nitrogen and oxygen atoms in total. The molecule has 26 heavy (non-hydrogen) atoms. The predicted molar refractivity (Wildman–Crippen MR) is 100 cm³/mol. The van der Waals surface area contributed by atoms with Crippen molar-refractivity contribution in [3.05, 3.63) is 56.5 Å². The van der Waals surface area contributed by atoms with Crippen LogP contribution in [-0.2, 0) is 24.3 Å². The van der Waals surface area contributed by atoms with Gasteiger partial charge in [-0.25, -0.2) is 8.42 Å². The Balaban J connectivity index is 2.31. The fourth-order valence-corrected chi connectivity index (χ4v) is 5.12. The molecule has 1 aliphatic heterocycles. The number of hydrogen-bond acceptors (Lipinski definition) is 5. The maximum atomic E-state index is 12.2. The van der Waals surface area contributed by atoms with Crippen LogP contribution in [0.4, 0.5) is 0 Å². The highest BCUT2D eigenvalue weighted by Gasteiger charge is 2.45. The maximum Gasteiger partial charge on any atom is 0.263 e. The third-order valence-electron chi connectivity index (χ3n) is 3.87. The maximum absolute atomic E-state index is 12.2. The Morgan fingerprint density at radius 2 is 1.69 bits per heavy atom. The second kappa shape index (κ2) is 7.36. The van der Waals surface area contributed by atoms with E-state index in [2.05, 4.69) is 0 Å². The average Bonchev–Trinajstić information content (AvgIpc) is 3.06. The van der Waals surface area contributed by atoms with Gasteiger partial charge in [-0.15, -0.1) is 0 Å². The van der Waals surface area contributed by atoms with Gasteiger partial charge in [0.1, 0.15) is 10.6 Å². The van der Waals surface area contributed by atoms with Crippen LogP contribution in [0.2, 0.25) is 15.1 Å². The van der Waals surface area contributed by atoms with Gasteiger partial charge in [-0.3, -0.25) is 0 Å². The van der Waals surface area contributed by atoms with Gasteiger partial charge < -0.3 is 14.2 Å². The first-order valence-electron chi connectivity index (χ1n) is 7.26. The van der Waals surface area contributed by atoms with Crippen LogP contribution in [0.3, 0.4) is 0 Å². The highest BCUT2D eigenvalue weighted by molar-refractivity contribution is 8.13. The van der Waals surface area contributed by atoms with E-state index in [4.69, 9.17) is 59.7 Å². The zero-order valence-corrected chi connectivity index (χ0v) is 17.1. The number of methoxy groups -OCH3 is 1. The molecular formula is C16H12Cl4O5S. The van der Waals surface area contributed by atoms with Gasteiger partial charge in [0.2, 0.25) is 5.79 Å². The summed E-state index contributed by atoms with van der Waals surface area (Å²) in [5.41, 5.74) is 0.571. The minimum Gasteiger partial charge on any atom is -0.495 e. The SMILES string of the molecule is COc1ccc(C2(c3ccc(Cl)c(Cl)c3S(=O)(=O)Cl)OCCO2)cc1Cl. The fourth-order valence-electron chi connectivity index (χ4n) is 2.79. The van der Waals surface area contributed by atoms with E-state index >= 15 is 0 Å². The molecule has 1 saturated heterocycles. The second-order valence-electron chi connectivity index (χ2n) is 5.34. The fraction of sp³-hybridized carbons (Fsp3) is 0.250. The summed E-state index contributed by atoms with van der Waals surface area (Å²) in [6.07, 6.45) is 0. The molecule has 2 aromatic carbocycles. The van der Waals surface area contributed by atoms with Gasteiger partial charge in [-0.05, 0) is 24.3 Å². The van der Waals surface area contributed by atoms with Crippen molar-refractivity contribution in [2.75, 3.05) is 20.3 Å². The monoisotopic (exact) mass is 456 g/mol. The standard InChI is InChI=1S/C16H12Cl4O5S/c1-23-13-5-2-9(8-12(13)18)16(24-6-7-25-16)10-3-4-11(17)14(19)15(10)26(20,21)22/h2-5,8H,6-7H2,1H3. The largest absolute Gasteiger partial charge is 0.495 e. The second-order valence-corrected chi connectivity index (χ2v) is 9.03. The first kappa shape index (κ1) is 20.0. The number of hydrogen-bond donors (Lipinski definition) is 0. The Labute approximate surface area is 170 Å². The molecule has 0 spiro atoms. The summed E-state index contributed by atoms with van der Waals surface area (Å²) in [5.74, 6) is -1.11. The Bertz CT molecular complexity index is 955. The highest BCUT2D eigenvalue weighted by Crippen LogP contribution is 2.46. The lowest BCUT2D eigenvalue weighted by Crippen LogP contribution is -2.30. The van der Waals surface area contributed by atoms with E-state index in [9.17, 15) is 8.42 Å². The third-order valence-corrected chi connectivity index (χ3v) is 6.46. The van der Waals surface area contributed by atoms with Gasteiger partial charge in [-0.2, -0.15) is 0 Å². The Kier molecular flexibility index (Phi) is 5.66.